The molecule has 0 bridgehead atoms. The molecule has 5 aliphatic carbocycles. The summed E-state index contributed by atoms with van der Waals surface area (Å²) >= 11 is 4.30. The Morgan fingerprint density at radius 1 is 0.511 bits per heavy atom. The molecule has 466 valence electrons. The number of thioether (sulfide) groups is 3. The van der Waals surface area contributed by atoms with E-state index in [1.807, 2.05) is 55.2 Å². The number of nitrogens with one attached hydrogen (secondary N) is 1. The average Bonchev–Trinajstić information content (AvgIpc) is 1.64. The SMILES string of the molecule is C.C.C.CS(=O)(=O)c1nc(N)nc2c1C(=O)c1ccccc1-2.CSC(SC)=C1C(=O)c2ccccc2C1=O.CSc1nc(N)nc2c1C(=O)c1ccccc1-2.Cc1nc(N)nc2c1C(=O)c1ccccc1-2.N=C(N)N.O=C1CC(=O)c2ccccc21.O=COO. The molecule has 0 saturated heterocycles. The number of hydrogen-bond donors (Lipinski definition) is 7. The summed E-state index contributed by atoms with van der Waals surface area (Å²) < 4.78 is 24.3. The van der Waals surface area contributed by atoms with Crippen molar-refractivity contribution in [3.05, 3.63) is 192 Å². The van der Waals surface area contributed by atoms with Crippen molar-refractivity contribution in [2.75, 3.05) is 42.2 Å². The van der Waals surface area contributed by atoms with Gasteiger partial charge in [-0.15, -0.1) is 35.3 Å². The molecule has 0 atom stereocenters. The first-order valence-electron chi connectivity index (χ1n) is 25.1. The lowest BCUT2D eigenvalue weighted by atomic mass is 10.1. The first-order chi connectivity index (χ1) is 41.4. The van der Waals surface area contributed by atoms with Crippen molar-refractivity contribution >= 4 is 116 Å². The van der Waals surface area contributed by atoms with Gasteiger partial charge in [0.2, 0.25) is 17.8 Å². The second-order valence-electron chi connectivity index (χ2n) is 18.2. The van der Waals surface area contributed by atoms with Crippen LogP contribution in [0.4, 0.5) is 17.8 Å². The number of fused-ring (bicyclic) bond motifs is 11. The molecule has 13 rings (SSSR count). The van der Waals surface area contributed by atoms with E-state index in [1.54, 1.807) is 91.9 Å². The minimum Gasteiger partial charge on any atom is -0.370 e. The Morgan fingerprint density at radius 2 is 0.811 bits per heavy atom. The lowest BCUT2D eigenvalue weighted by Gasteiger charge is -2.05. The van der Waals surface area contributed by atoms with Gasteiger partial charge < -0.3 is 33.6 Å². The number of benzene rings is 5. The molecule has 0 spiro atoms. The predicted molar refractivity (Wildman–Crippen MR) is 351 cm³/mol. The minimum absolute atomic E-state index is 0. The second kappa shape index (κ2) is 31.2. The summed E-state index contributed by atoms with van der Waals surface area (Å²) in [6.07, 6.45) is 6.67. The van der Waals surface area contributed by atoms with Crippen LogP contribution in [0.1, 0.15) is 124 Å². The quantitative estimate of drug-likeness (QED) is 0.00806. The van der Waals surface area contributed by atoms with Crippen LogP contribution in [0, 0.1) is 12.3 Å². The van der Waals surface area contributed by atoms with E-state index in [0.717, 1.165) is 21.6 Å². The summed E-state index contributed by atoms with van der Waals surface area (Å²) in [4.78, 5) is 119. The van der Waals surface area contributed by atoms with Gasteiger partial charge in [-0.05, 0) is 25.7 Å². The number of carbonyl (C=O) groups is 8. The van der Waals surface area contributed by atoms with Crippen LogP contribution in [-0.2, 0) is 19.5 Å². The highest BCUT2D eigenvalue weighted by molar-refractivity contribution is 8.21. The first kappa shape index (κ1) is 72.3. The van der Waals surface area contributed by atoms with Crippen LogP contribution in [0.15, 0.2) is 141 Å². The first-order valence-corrected chi connectivity index (χ1v) is 30.7. The Morgan fingerprint density at radius 3 is 1.17 bits per heavy atom. The summed E-state index contributed by atoms with van der Waals surface area (Å²) in [6.45, 7) is 1.71. The molecule has 0 amide bonds. The third-order valence-corrected chi connectivity index (χ3v) is 16.6. The van der Waals surface area contributed by atoms with Gasteiger partial charge in [0, 0.05) is 61.9 Å². The van der Waals surface area contributed by atoms with Crippen molar-refractivity contribution in [2.45, 2.75) is 45.7 Å². The van der Waals surface area contributed by atoms with Crippen LogP contribution in [-0.4, -0.2) is 122 Å². The molecule has 24 nitrogen and oxygen atoms in total. The summed E-state index contributed by atoms with van der Waals surface area (Å²) in [5.74, 6) is -0.870. The molecule has 0 aliphatic heterocycles. The van der Waals surface area contributed by atoms with Crippen molar-refractivity contribution in [2.24, 2.45) is 11.5 Å². The zero-order valence-corrected chi connectivity index (χ0v) is 49.7. The molecule has 28 heteroatoms. The highest BCUT2D eigenvalue weighted by Crippen LogP contribution is 2.41. The summed E-state index contributed by atoms with van der Waals surface area (Å²) in [5, 5.41) is 13.4. The number of Topliss-reactive ketones (excluding diaryl/α,β-unsaturated/α-hetero) is 4. The Labute approximate surface area is 530 Å². The van der Waals surface area contributed by atoms with Gasteiger partial charge in [-0.25, -0.2) is 43.6 Å². The van der Waals surface area contributed by atoms with Gasteiger partial charge in [0.25, 0.3) is 0 Å². The van der Waals surface area contributed by atoms with E-state index in [-0.39, 0.29) is 116 Å². The molecule has 12 N–H and O–H groups in total. The molecular formula is C62H62N12O12S4. The number of aryl methyl sites for hydroxylation is 1. The van der Waals surface area contributed by atoms with Crippen molar-refractivity contribution in [1.29, 1.82) is 5.41 Å². The second-order valence-corrected chi connectivity index (χ2v) is 22.8. The molecule has 3 aromatic heterocycles. The number of guanidine groups is 1. The molecule has 3 heterocycles. The van der Waals surface area contributed by atoms with Crippen LogP contribution < -0.4 is 28.7 Å². The molecule has 0 saturated carbocycles. The Balaban J connectivity index is 0.000000233. The highest BCUT2D eigenvalue weighted by Gasteiger charge is 2.37. The number of nitrogen functional groups attached to an aromatic ring is 3. The van der Waals surface area contributed by atoms with Gasteiger partial charge >= 0.3 is 6.47 Å². The number of allylic oxidation sites excluding steroid dienone is 1. The Bertz CT molecular complexity index is 4270. The number of carbonyl (C=O) groups excluding carboxylic acids is 8. The van der Waals surface area contributed by atoms with E-state index in [9.17, 15) is 42.0 Å². The van der Waals surface area contributed by atoms with E-state index in [0.29, 0.717) is 83.3 Å². The van der Waals surface area contributed by atoms with Crippen molar-refractivity contribution in [1.82, 2.24) is 29.9 Å². The lowest BCUT2D eigenvalue weighted by Crippen LogP contribution is -2.20. The van der Waals surface area contributed by atoms with E-state index in [2.05, 4.69) is 46.3 Å². The summed E-state index contributed by atoms with van der Waals surface area (Å²) in [5.41, 5.74) is 35.8. The zero-order valence-electron chi connectivity index (χ0n) is 46.5. The van der Waals surface area contributed by atoms with E-state index < -0.39 is 9.84 Å². The number of nitrogens with two attached hydrogens (primary N) is 5. The Kier molecular flexibility index (Phi) is 25.1. The normalized spacial score (nSPS) is 12.2. The highest BCUT2D eigenvalue weighted by atomic mass is 32.2. The van der Waals surface area contributed by atoms with Crippen LogP contribution >= 0.6 is 35.3 Å². The third kappa shape index (κ3) is 15.2. The number of ketones is 7. The maximum atomic E-state index is 12.3. The molecule has 90 heavy (non-hydrogen) atoms. The van der Waals surface area contributed by atoms with Gasteiger partial charge in [0.1, 0.15) is 5.03 Å². The topological polar surface area (TPSA) is 431 Å². The monoisotopic (exact) mass is 1290 g/mol. The van der Waals surface area contributed by atoms with Gasteiger partial charge in [0.05, 0.1) is 55.7 Å². The van der Waals surface area contributed by atoms with Crippen LogP contribution in [0.5, 0.6) is 0 Å². The largest absolute Gasteiger partial charge is 0.370 e. The van der Waals surface area contributed by atoms with E-state index in [4.69, 9.17) is 32.7 Å². The van der Waals surface area contributed by atoms with Crippen LogP contribution in [0.3, 0.4) is 0 Å². The molecule has 5 aliphatic rings. The Hall–Kier alpha value is -10.1. The summed E-state index contributed by atoms with van der Waals surface area (Å²) in [6, 6.07) is 35.5. The number of aromatic nitrogens is 6. The fraction of sp³-hybridized carbons (Fsp3) is 0.145. The third-order valence-electron chi connectivity index (χ3n) is 12.7. The minimum atomic E-state index is -3.65. The zero-order chi connectivity index (χ0) is 63.6. The maximum absolute atomic E-state index is 12.3. The van der Waals surface area contributed by atoms with Gasteiger partial charge in [-0.3, -0.25) is 43.8 Å². The summed E-state index contributed by atoms with van der Waals surface area (Å²) in [7, 11) is -3.65. The van der Waals surface area contributed by atoms with Gasteiger partial charge in [0.15, 0.2) is 61.3 Å². The molecule has 5 aromatic carbocycles. The maximum Gasteiger partial charge on any atom is 0.330 e. The van der Waals surface area contributed by atoms with Crippen molar-refractivity contribution in [3.8, 4) is 33.8 Å². The molecule has 0 fully saturated rings. The van der Waals surface area contributed by atoms with Gasteiger partial charge in [-0.2, -0.15) is 0 Å². The number of sulfone groups is 1. The standard InChI is InChI=1S/C12H9N3O3S.C12H9N3OS.C12H9N3O.C12H10O2S2.C9H6O2.CH5N3.CH2O3.3CH4/c1-19(17,18)11-8-9(14-12(13)15-11)6-4-2-3-5-7(6)10(8)16;1-17-11-8-9(14-12(13)15-11)6-4-2-3-5-7(6)10(8)16;1-6-9-10(15-12(13)14-6)7-4-2-3-5-8(7)11(9)16;1-15-12(16-2)9-10(13)7-5-3-4-6-8(7)11(9)14;10-8-5-9(11)7-4-2-1-3-6(7)8;2-1(3)4;2-1-4-3;;;/h2-5H,1H3,(H2,13,14,15);2-5H,1H3,(H2,13,14,15);2-5H,1H3,(H2,13,14,15);3-6H,1-2H3;1-4H,5H2;(H5,2,3,4);1,3H;3*1H4. The molecular weight excluding hydrogens is 1230 g/mol. The van der Waals surface area contributed by atoms with Crippen LogP contribution in [0.2, 0.25) is 0 Å². The predicted octanol–water partition coefficient (Wildman–Crippen LogP) is 9.08. The molecule has 0 radical (unpaired) electrons. The lowest BCUT2D eigenvalue weighted by molar-refractivity contribution is -0.217. The number of rotatable bonds is 5. The molecule has 0 unspecified atom stereocenters. The van der Waals surface area contributed by atoms with E-state index >= 15 is 0 Å². The fourth-order valence-corrected chi connectivity index (χ4v) is 12.1. The van der Waals surface area contributed by atoms with Crippen LogP contribution in [0.25, 0.3) is 33.8 Å². The van der Waals surface area contributed by atoms with E-state index in [1.165, 1.54) is 35.3 Å². The van der Waals surface area contributed by atoms with Crippen molar-refractivity contribution < 1.29 is 56.9 Å². The van der Waals surface area contributed by atoms with Gasteiger partial charge in [-0.1, -0.05) is 144 Å². The number of hydrogen-bond acceptors (Lipinski definition) is 25. The average molecular weight is 1300 g/mol. The number of anilines is 3. The smallest absolute Gasteiger partial charge is 0.330 e. The number of nitrogens with zero attached hydrogens (tertiary/aromatic N) is 6. The van der Waals surface area contributed by atoms with Crippen molar-refractivity contribution in [3.63, 3.8) is 0 Å². The molecule has 8 aromatic rings. The fourth-order valence-electron chi connectivity index (χ4n) is 9.29.